The molecule has 1 heterocycles. The smallest absolute Gasteiger partial charge is 0.339 e. The van der Waals surface area contributed by atoms with Crippen molar-refractivity contribution in [3.63, 3.8) is 0 Å². The van der Waals surface area contributed by atoms with Crippen molar-refractivity contribution < 1.29 is 14.7 Å². The topological polar surface area (TPSA) is 75.8 Å². The first-order chi connectivity index (χ1) is 10.0. The quantitative estimate of drug-likeness (QED) is 0.630. The molecule has 1 atom stereocenters. The van der Waals surface area contributed by atoms with Crippen LogP contribution in [0.25, 0.3) is 10.1 Å². The van der Waals surface area contributed by atoms with Crippen LogP contribution in [-0.2, 0) is 4.84 Å². The average molecular weight is 308 g/mol. The average Bonchev–Trinajstić information content (AvgIpc) is 2.85. The lowest BCUT2D eigenvalue weighted by molar-refractivity contribution is -0.140. The van der Waals surface area contributed by atoms with Crippen LogP contribution in [0.1, 0.15) is 37.6 Å². The second-order valence-corrected chi connectivity index (χ2v) is 6.01. The van der Waals surface area contributed by atoms with E-state index in [0.29, 0.717) is 6.61 Å². The molecule has 1 aromatic heterocycles. The lowest BCUT2D eigenvalue weighted by atomic mass is 10.2. The fourth-order valence-corrected chi connectivity index (χ4v) is 3.12. The normalized spacial score (nSPS) is 12.5. The van der Waals surface area contributed by atoms with Gasteiger partial charge in [-0.1, -0.05) is 13.3 Å². The van der Waals surface area contributed by atoms with Gasteiger partial charge < -0.3 is 10.8 Å². The highest BCUT2D eigenvalue weighted by atomic mass is 32.1. The summed E-state index contributed by atoms with van der Waals surface area (Å²) in [5.41, 5.74) is 5.40. The summed E-state index contributed by atoms with van der Waals surface area (Å²) < 4.78 is 1.05. The minimum atomic E-state index is -0.598. The number of urea groups is 1. The van der Waals surface area contributed by atoms with E-state index < -0.39 is 6.03 Å². The Morgan fingerprint density at radius 2 is 2.24 bits per heavy atom. The van der Waals surface area contributed by atoms with Crippen LogP contribution >= 0.6 is 11.3 Å². The number of hydroxylamine groups is 2. The zero-order chi connectivity index (χ0) is 15.4. The number of phenols is 1. The summed E-state index contributed by atoms with van der Waals surface area (Å²) >= 11 is 1.56. The molecule has 1 unspecified atom stereocenters. The summed E-state index contributed by atoms with van der Waals surface area (Å²) in [5.74, 6) is 0.227. The number of primary amides is 1. The van der Waals surface area contributed by atoms with E-state index in [1.807, 2.05) is 19.1 Å². The van der Waals surface area contributed by atoms with E-state index in [-0.39, 0.29) is 11.8 Å². The maximum absolute atomic E-state index is 11.6. The van der Waals surface area contributed by atoms with Crippen LogP contribution in [0.3, 0.4) is 0 Å². The monoisotopic (exact) mass is 308 g/mol. The standard InChI is InChI=1S/C15H20N2O3S/c1-3-4-7-20-17(15(16)19)10(2)14-9-11-8-12(18)5-6-13(11)21-14/h5-6,8-10,18H,3-4,7H2,1-2H3,(H2,16,19). The van der Waals surface area contributed by atoms with Crippen LogP contribution in [0.15, 0.2) is 24.3 Å². The van der Waals surface area contributed by atoms with Gasteiger partial charge in [-0.25, -0.2) is 4.79 Å². The Bertz CT molecular complexity index is 626. The first-order valence-electron chi connectivity index (χ1n) is 6.97. The molecule has 0 saturated heterocycles. The second-order valence-electron chi connectivity index (χ2n) is 4.90. The molecule has 3 N–H and O–H groups in total. The van der Waals surface area contributed by atoms with Crippen molar-refractivity contribution >= 4 is 27.5 Å². The SMILES string of the molecule is CCCCON(C(N)=O)C(C)c1cc2cc(O)ccc2s1. The van der Waals surface area contributed by atoms with Crippen molar-refractivity contribution in [1.82, 2.24) is 5.06 Å². The lowest BCUT2D eigenvalue weighted by Crippen LogP contribution is -2.37. The van der Waals surface area contributed by atoms with Crippen LogP contribution in [0, 0.1) is 0 Å². The molecule has 0 saturated carbocycles. The number of amides is 2. The summed E-state index contributed by atoms with van der Waals surface area (Å²) in [6, 6.07) is 6.30. The minimum absolute atomic E-state index is 0.227. The molecule has 2 rings (SSSR count). The van der Waals surface area contributed by atoms with E-state index in [1.165, 1.54) is 5.06 Å². The maximum atomic E-state index is 11.6. The van der Waals surface area contributed by atoms with E-state index in [9.17, 15) is 9.90 Å². The van der Waals surface area contributed by atoms with Gasteiger partial charge in [0.05, 0.1) is 12.6 Å². The molecule has 2 amide bonds. The summed E-state index contributed by atoms with van der Waals surface area (Å²) in [5, 5.41) is 11.7. The number of phenolic OH excluding ortho intramolecular Hbond substituents is 1. The highest BCUT2D eigenvalue weighted by Gasteiger charge is 2.22. The van der Waals surface area contributed by atoms with E-state index in [4.69, 9.17) is 10.6 Å². The Kier molecular flexibility index (Phi) is 5.03. The number of hydrogen-bond donors (Lipinski definition) is 2. The van der Waals surface area contributed by atoms with Crippen molar-refractivity contribution in [2.75, 3.05) is 6.61 Å². The predicted octanol–water partition coefficient (Wildman–Crippen LogP) is 3.78. The van der Waals surface area contributed by atoms with E-state index in [2.05, 4.69) is 6.92 Å². The van der Waals surface area contributed by atoms with E-state index in [0.717, 1.165) is 27.8 Å². The Labute approximate surface area is 127 Å². The van der Waals surface area contributed by atoms with Crippen molar-refractivity contribution in [2.24, 2.45) is 5.73 Å². The zero-order valence-electron chi connectivity index (χ0n) is 12.2. The van der Waals surface area contributed by atoms with Gasteiger partial charge in [-0.05, 0) is 43.0 Å². The molecule has 0 aliphatic heterocycles. The van der Waals surface area contributed by atoms with Crippen molar-refractivity contribution in [2.45, 2.75) is 32.7 Å². The summed E-state index contributed by atoms with van der Waals surface area (Å²) in [7, 11) is 0. The number of unbranched alkanes of at least 4 members (excludes halogenated alkanes) is 1. The number of carbonyl (C=O) groups is 1. The number of benzene rings is 1. The Morgan fingerprint density at radius 1 is 1.48 bits per heavy atom. The summed E-state index contributed by atoms with van der Waals surface area (Å²) in [6.45, 7) is 4.40. The molecular weight excluding hydrogens is 288 g/mol. The van der Waals surface area contributed by atoms with Crippen molar-refractivity contribution in [1.29, 1.82) is 0 Å². The van der Waals surface area contributed by atoms with Gasteiger partial charge in [0, 0.05) is 9.58 Å². The largest absolute Gasteiger partial charge is 0.508 e. The third-order valence-corrected chi connectivity index (χ3v) is 4.51. The Hall–Kier alpha value is -1.79. The number of aromatic hydroxyl groups is 1. The summed E-state index contributed by atoms with van der Waals surface area (Å²) in [6.07, 6.45) is 1.86. The van der Waals surface area contributed by atoms with E-state index >= 15 is 0 Å². The highest BCUT2D eigenvalue weighted by Crippen LogP contribution is 2.34. The Balaban J connectivity index is 2.21. The number of hydrogen-bond acceptors (Lipinski definition) is 4. The third kappa shape index (κ3) is 3.65. The number of fused-ring (bicyclic) bond motifs is 1. The number of nitrogens with two attached hydrogens (primary N) is 1. The molecule has 2 aromatic rings. The van der Waals surface area contributed by atoms with Gasteiger partial charge in [0.25, 0.3) is 0 Å². The van der Waals surface area contributed by atoms with Crippen molar-refractivity contribution in [3.05, 3.63) is 29.1 Å². The van der Waals surface area contributed by atoms with Gasteiger partial charge in [-0.2, -0.15) is 5.06 Å². The first-order valence-corrected chi connectivity index (χ1v) is 7.78. The molecule has 0 aliphatic rings. The van der Waals surface area contributed by atoms with Crippen LogP contribution in [-0.4, -0.2) is 22.8 Å². The van der Waals surface area contributed by atoms with Gasteiger partial charge in [0.1, 0.15) is 5.75 Å². The van der Waals surface area contributed by atoms with E-state index in [1.54, 1.807) is 23.5 Å². The predicted molar refractivity (Wildman–Crippen MR) is 84.2 cm³/mol. The maximum Gasteiger partial charge on any atom is 0.339 e. The molecule has 5 nitrogen and oxygen atoms in total. The van der Waals surface area contributed by atoms with Crippen LogP contribution < -0.4 is 5.73 Å². The second kappa shape index (κ2) is 6.78. The lowest BCUT2D eigenvalue weighted by Gasteiger charge is -2.25. The van der Waals surface area contributed by atoms with Gasteiger partial charge in [-0.3, -0.25) is 4.84 Å². The fraction of sp³-hybridized carbons (Fsp3) is 0.400. The molecule has 0 aliphatic carbocycles. The number of thiophene rings is 1. The molecule has 21 heavy (non-hydrogen) atoms. The molecule has 0 fully saturated rings. The fourth-order valence-electron chi connectivity index (χ4n) is 2.05. The minimum Gasteiger partial charge on any atom is -0.508 e. The molecular formula is C15H20N2O3S. The van der Waals surface area contributed by atoms with Gasteiger partial charge >= 0.3 is 6.03 Å². The third-order valence-electron chi connectivity index (χ3n) is 3.23. The van der Waals surface area contributed by atoms with Crippen LogP contribution in [0.5, 0.6) is 5.75 Å². The molecule has 0 spiro atoms. The van der Waals surface area contributed by atoms with Gasteiger partial charge in [0.15, 0.2) is 0 Å². The van der Waals surface area contributed by atoms with Gasteiger partial charge in [0.2, 0.25) is 0 Å². The zero-order valence-corrected chi connectivity index (χ0v) is 13.0. The first kappa shape index (κ1) is 15.6. The number of carbonyl (C=O) groups excluding carboxylic acids is 1. The Morgan fingerprint density at radius 3 is 2.90 bits per heavy atom. The van der Waals surface area contributed by atoms with Crippen molar-refractivity contribution in [3.8, 4) is 5.75 Å². The molecule has 0 bridgehead atoms. The number of nitrogens with zero attached hydrogens (tertiary/aromatic N) is 1. The molecule has 1 aromatic carbocycles. The van der Waals surface area contributed by atoms with Crippen LogP contribution in [0.2, 0.25) is 0 Å². The van der Waals surface area contributed by atoms with Gasteiger partial charge in [-0.15, -0.1) is 11.3 Å². The molecule has 114 valence electrons. The van der Waals surface area contributed by atoms with Crippen LogP contribution in [0.4, 0.5) is 4.79 Å². The highest BCUT2D eigenvalue weighted by molar-refractivity contribution is 7.19. The summed E-state index contributed by atoms with van der Waals surface area (Å²) in [4.78, 5) is 18.0. The number of rotatable bonds is 6. The molecule has 6 heteroatoms. The molecule has 0 radical (unpaired) electrons.